The molecular formula is C11H18N4O4. The molecule has 106 valence electrons. The number of ether oxygens (including phenoxy) is 1. The average molecular weight is 270 g/mol. The molecule has 0 aromatic carbocycles. The molecule has 0 aliphatic carbocycles. The monoisotopic (exact) mass is 270 g/mol. The van der Waals surface area contributed by atoms with Gasteiger partial charge in [-0.05, 0) is 6.42 Å². The standard InChI is InChI=1S/C11H18N4O4/c1-19-5-4-15-9(12)8(10(17)13-11(15)18)14-3-2-7(16)6-14/h7,16H,2-6,12H2,1H3,(H,13,17,18). The molecule has 1 aliphatic rings. The molecule has 2 heterocycles. The molecule has 2 rings (SSSR count). The minimum Gasteiger partial charge on any atom is -0.391 e. The lowest BCUT2D eigenvalue weighted by atomic mass is 10.3. The van der Waals surface area contributed by atoms with E-state index in [9.17, 15) is 14.7 Å². The number of aliphatic hydroxyl groups is 1. The lowest BCUT2D eigenvalue weighted by Crippen LogP contribution is -2.38. The maximum Gasteiger partial charge on any atom is 0.330 e. The summed E-state index contributed by atoms with van der Waals surface area (Å²) < 4.78 is 6.18. The Labute approximate surface area is 109 Å². The number of nitrogens with zero attached hydrogens (tertiary/aromatic N) is 2. The summed E-state index contributed by atoms with van der Waals surface area (Å²) in [7, 11) is 1.52. The topological polar surface area (TPSA) is 114 Å². The number of nitrogens with one attached hydrogen (secondary N) is 1. The molecule has 8 heteroatoms. The van der Waals surface area contributed by atoms with Gasteiger partial charge in [0.05, 0.1) is 19.3 Å². The first-order valence-electron chi connectivity index (χ1n) is 6.09. The minimum atomic E-state index is -0.553. The highest BCUT2D eigenvalue weighted by Gasteiger charge is 2.25. The Kier molecular flexibility index (Phi) is 3.91. The van der Waals surface area contributed by atoms with E-state index in [4.69, 9.17) is 10.5 Å². The van der Waals surface area contributed by atoms with Crippen LogP contribution >= 0.6 is 0 Å². The molecule has 1 unspecified atom stereocenters. The van der Waals surface area contributed by atoms with E-state index in [0.717, 1.165) is 0 Å². The van der Waals surface area contributed by atoms with Crippen molar-refractivity contribution in [3.63, 3.8) is 0 Å². The highest BCUT2D eigenvalue weighted by atomic mass is 16.5. The number of aromatic nitrogens is 2. The summed E-state index contributed by atoms with van der Waals surface area (Å²) in [5.41, 5.74) is 5.08. The Morgan fingerprint density at radius 2 is 2.26 bits per heavy atom. The molecule has 1 aliphatic heterocycles. The Bertz CT molecular complexity index is 565. The average Bonchev–Trinajstić information content (AvgIpc) is 2.75. The van der Waals surface area contributed by atoms with Crippen LogP contribution in [-0.4, -0.2) is 47.6 Å². The fraction of sp³-hybridized carbons (Fsp3) is 0.636. The molecular weight excluding hydrogens is 252 g/mol. The van der Waals surface area contributed by atoms with Crippen molar-refractivity contribution in [3.8, 4) is 0 Å². The van der Waals surface area contributed by atoms with Crippen LogP contribution in [0, 0.1) is 0 Å². The number of hydrogen-bond donors (Lipinski definition) is 3. The summed E-state index contributed by atoms with van der Waals surface area (Å²) in [5.74, 6) is 0.111. The normalized spacial score (nSPS) is 19.1. The number of anilines is 2. The molecule has 1 atom stereocenters. The Hall–Kier alpha value is -1.80. The third kappa shape index (κ3) is 2.64. The predicted molar refractivity (Wildman–Crippen MR) is 70.4 cm³/mol. The van der Waals surface area contributed by atoms with Crippen molar-refractivity contribution < 1.29 is 9.84 Å². The van der Waals surface area contributed by atoms with Gasteiger partial charge in [0.15, 0.2) is 0 Å². The molecule has 0 spiro atoms. The van der Waals surface area contributed by atoms with Gasteiger partial charge in [0, 0.05) is 20.2 Å². The van der Waals surface area contributed by atoms with Crippen molar-refractivity contribution in [2.45, 2.75) is 19.1 Å². The van der Waals surface area contributed by atoms with Gasteiger partial charge in [-0.1, -0.05) is 0 Å². The second-order valence-corrected chi connectivity index (χ2v) is 4.53. The molecule has 8 nitrogen and oxygen atoms in total. The first-order chi connectivity index (χ1) is 9.04. The largest absolute Gasteiger partial charge is 0.391 e. The van der Waals surface area contributed by atoms with Crippen LogP contribution in [0.3, 0.4) is 0 Å². The number of H-pyrrole nitrogens is 1. The van der Waals surface area contributed by atoms with E-state index < -0.39 is 17.4 Å². The summed E-state index contributed by atoms with van der Waals surface area (Å²) in [6, 6.07) is 0. The molecule has 1 saturated heterocycles. The molecule has 0 saturated carbocycles. The van der Waals surface area contributed by atoms with Crippen LogP contribution < -0.4 is 21.9 Å². The maximum absolute atomic E-state index is 11.9. The fourth-order valence-electron chi connectivity index (χ4n) is 2.23. The summed E-state index contributed by atoms with van der Waals surface area (Å²) in [4.78, 5) is 27.5. The van der Waals surface area contributed by atoms with Gasteiger partial charge in [0.2, 0.25) is 0 Å². The van der Waals surface area contributed by atoms with E-state index in [-0.39, 0.29) is 18.1 Å². The van der Waals surface area contributed by atoms with E-state index in [1.165, 1.54) is 11.7 Å². The van der Waals surface area contributed by atoms with Gasteiger partial charge in [0.1, 0.15) is 11.5 Å². The quantitative estimate of drug-likeness (QED) is 0.603. The zero-order chi connectivity index (χ0) is 14.0. The first kappa shape index (κ1) is 13.6. The van der Waals surface area contributed by atoms with Crippen molar-refractivity contribution in [1.29, 1.82) is 0 Å². The van der Waals surface area contributed by atoms with Crippen LogP contribution in [0.15, 0.2) is 9.59 Å². The van der Waals surface area contributed by atoms with Crippen molar-refractivity contribution in [2.75, 3.05) is 37.4 Å². The SMILES string of the molecule is COCCn1c(N)c(N2CCC(O)C2)c(=O)[nH]c1=O. The highest BCUT2D eigenvalue weighted by Crippen LogP contribution is 2.21. The number of aliphatic hydroxyl groups excluding tert-OH is 1. The number of β-amino-alcohol motifs (C(OH)–C–C–N with tert-alkyl or cyclic N) is 1. The third-order valence-corrected chi connectivity index (χ3v) is 3.21. The molecule has 0 amide bonds. The van der Waals surface area contributed by atoms with Gasteiger partial charge < -0.3 is 20.5 Å². The maximum atomic E-state index is 11.9. The van der Waals surface area contributed by atoms with Crippen molar-refractivity contribution >= 4 is 11.5 Å². The number of rotatable bonds is 4. The van der Waals surface area contributed by atoms with Crippen LogP contribution in [0.5, 0.6) is 0 Å². The van der Waals surface area contributed by atoms with E-state index in [1.54, 1.807) is 4.90 Å². The van der Waals surface area contributed by atoms with E-state index in [2.05, 4.69) is 4.98 Å². The molecule has 0 radical (unpaired) electrons. The van der Waals surface area contributed by atoms with Gasteiger partial charge in [-0.15, -0.1) is 0 Å². The molecule has 1 fully saturated rings. The van der Waals surface area contributed by atoms with Gasteiger partial charge in [0.25, 0.3) is 5.56 Å². The number of nitrogens with two attached hydrogens (primary N) is 1. The predicted octanol–water partition coefficient (Wildman–Crippen LogP) is -1.66. The Morgan fingerprint density at radius 3 is 2.84 bits per heavy atom. The van der Waals surface area contributed by atoms with Crippen LogP contribution in [0.25, 0.3) is 0 Å². The highest BCUT2D eigenvalue weighted by molar-refractivity contribution is 5.63. The third-order valence-electron chi connectivity index (χ3n) is 3.21. The van der Waals surface area contributed by atoms with E-state index in [0.29, 0.717) is 26.1 Å². The van der Waals surface area contributed by atoms with Crippen LogP contribution in [0.1, 0.15) is 6.42 Å². The van der Waals surface area contributed by atoms with Gasteiger partial charge >= 0.3 is 5.69 Å². The van der Waals surface area contributed by atoms with Crippen molar-refractivity contribution in [1.82, 2.24) is 9.55 Å². The zero-order valence-electron chi connectivity index (χ0n) is 10.8. The molecule has 1 aromatic heterocycles. The van der Waals surface area contributed by atoms with E-state index in [1.807, 2.05) is 0 Å². The molecule has 1 aromatic rings. The molecule has 19 heavy (non-hydrogen) atoms. The second kappa shape index (κ2) is 5.45. The summed E-state index contributed by atoms with van der Waals surface area (Å²) in [6.07, 6.45) is 0.106. The summed E-state index contributed by atoms with van der Waals surface area (Å²) in [5, 5.41) is 9.52. The lowest BCUT2D eigenvalue weighted by Gasteiger charge is -2.20. The van der Waals surface area contributed by atoms with Crippen LogP contribution in [0.4, 0.5) is 11.5 Å². The van der Waals surface area contributed by atoms with Gasteiger partial charge in [-0.3, -0.25) is 14.3 Å². The lowest BCUT2D eigenvalue weighted by molar-refractivity contribution is 0.186. The summed E-state index contributed by atoms with van der Waals surface area (Å²) >= 11 is 0. The smallest absolute Gasteiger partial charge is 0.330 e. The van der Waals surface area contributed by atoms with Crippen molar-refractivity contribution in [2.24, 2.45) is 0 Å². The van der Waals surface area contributed by atoms with E-state index >= 15 is 0 Å². The fourth-order valence-corrected chi connectivity index (χ4v) is 2.23. The van der Waals surface area contributed by atoms with Crippen LogP contribution in [-0.2, 0) is 11.3 Å². The number of aromatic amines is 1. The number of hydrogen-bond acceptors (Lipinski definition) is 6. The number of nitrogen functional groups attached to an aromatic ring is 1. The first-order valence-corrected chi connectivity index (χ1v) is 6.09. The Balaban J connectivity index is 2.43. The zero-order valence-corrected chi connectivity index (χ0v) is 10.8. The van der Waals surface area contributed by atoms with Gasteiger partial charge in [-0.25, -0.2) is 4.79 Å². The van der Waals surface area contributed by atoms with Gasteiger partial charge in [-0.2, -0.15) is 0 Å². The Morgan fingerprint density at radius 1 is 1.53 bits per heavy atom. The molecule has 0 bridgehead atoms. The summed E-state index contributed by atoms with van der Waals surface area (Å²) in [6.45, 7) is 1.46. The van der Waals surface area contributed by atoms with Crippen LogP contribution in [0.2, 0.25) is 0 Å². The van der Waals surface area contributed by atoms with Crippen molar-refractivity contribution in [3.05, 3.63) is 20.8 Å². The minimum absolute atomic E-state index is 0.111. The number of methoxy groups -OCH3 is 1. The second-order valence-electron chi connectivity index (χ2n) is 4.53. The molecule has 4 N–H and O–H groups in total.